The van der Waals surface area contributed by atoms with Crippen molar-refractivity contribution in [3.8, 4) is 11.6 Å². The number of aromatic nitrogens is 1. The molecule has 3 aliphatic rings. The topological polar surface area (TPSA) is 93.7 Å². The number of methoxy groups -OCH3 is 1. The van der Waals surface area contributed by atoms with Crippen LogP contribution < -0.4 is 19.3 Å². The van der Waals surface area contributed by atoms with Gasteiger partial charge in [-0.15, -0.1) is 0 Å². The zero-order valence-electron chi connectivity index (χ0n) is 24.2. The van der Waals surface area contributed by atoms with Crippen LogP contribution in [0.4, 0.5) is 20.6 Å². The SMILES string of the molecule is COc1ccc(COC[C@@H]2CN3C(=O)[C@H]4CN(C(=O)OC(C)(C)C)CCN4c4c3c(nc3c(F)c(Br)c(Cl)cc43)O2)cc1. The molecule has 1 saturated heterocycles. The van der Waals surface area contributed by atoms with E-state index in [0.717, 1.165) is 11.3 Å². The maximum Gasteiger partial charge on any atom is 0.410 e. The Morgan fingerprint density at radius 2 is 1.93 bits per heavy atom. The monoisotopic (exact) mass is 676 g/mol. The van der Waals surface area contributed by atoms with Gasteiger partial charge >= 0.3 is 6.09 Å². The Kier molecular flexibility index (Phi) is 7.80. The third kappa shape index (κ3) is 5.56. The van der Waals surface area contributed by atoms with Gasteiger partial charge in [-0.05, 0) is 60.5 Å². The maximum atomic E-state index is 15.6. The molecule has 43 heavy (non-hydrogen) atoms. The Hall–Kier alpha value is -3.35. The van der Waals surface area contributed by atoms with Crippen LogP contribution in [0.1, 0.15) is 26.3 Å². The number of ether oxygens (including phenoxy) is 4. The summed E-state index contributed by atoms with van der Waals surface area (Å²) < 4.78 is 38.7. The normalized spacial score (nSPS) is 19.6. The fraction of sp³-hybridized carbons (Fsp3) is 0.433. The number of piperazine rings is 1. The van der Waals surface area contributed by atoms with Gasteiger partial charge in [0.2, 0.25) is 5.88 Å². The summed E-state index contributed by atoms with van der Waals surface area (Å²) >= 11 is 9.62. The van der Waals surface area contributed by atoms with Gasteiger partial charge in [0.15, 0.2) is 5.82 Å². The molecule has 3 aliphatic heterocycles. The summed E-state index contributed by atoms with van der Waals surface area (Å²) in [4.78, 5) is 36.6. The third-order valence-corrected chi connectivity index (χ3v) is 8.87. The van der Waals surface area contributed by atoms with E-state index in [2.05, 4.69) is 20.9 Å². The zero-order chi connectivity index (χ0) is 30.6. The number of hydrogen-bond acceptors (Lipinski definition) is 8. The van der Waals surface area contributed by atoms with Gasteiger partial charge in [-0.25, -0.2) is 14.2 Å². The molecule has 0 aliphatic carbocycles. The van der Waals surface area contributed by atoms with Gasteiger partial charge in [0.1, 0.15) is 34.7 Å². The van der Waals surface area contributed by atoms with Crippen molar-refractivity contribution in [2.45, 2.75) is 45.1 Å². The summed E-state index contributed by atoms with van der Waals surface area (Å²) in [5.41, 5.74) is 1.39. The molecule has 0 saturated carbocycles. The van der Waals surface area contributed by atoms with Crippen molar-refractivity contribution in [1.82, 2.24) is 9.88 Å². The van der Waals surface area contributed by atoms with Gasteiger partial charge in [-0.1, -0.05) is 23.7 Å². The first-order chi connectivity index (χ1) is 20.4. The van der Waals surface area contributed by atoms with Crippen molar-refractivity contribution in [3.63, 3.8) is 0 Å². The van der Waals surface area contributed by atoms with Crippen LogP contribution >= 0.6 is 27.5 Å². The fourth-order valence-electron chi connectivity index (χ4n) is 5.62. The highest BCUT2D eigenvalue weighted by molar-refractivity contribution is 9.10. The number of benzene rings is 2. The van der Waals surface area contributed by atoms with Crippen molar-refractivity contribution >= 4 is 61.8 Å². The van der Waals surface area contributed by atoms with Gasteiger partial charge in [0.05, 0.1) is 48.6 Å². The summed E-state index contributed by atoms with van der Waals surface area (Å²) in [5.74, 6) is 0.0443. The van der Waals surface area contributed by atoms with Crippen LogP contribution in [0.15, 0.2) is 34.8 Å². The number of rotatable bonds is 5. The highest BCUT2D eigenvalue weighted by atomic mass is 79.9. The van der Waals surface area contributed by atoms with E-state index in [1.807, 2.05) is 29.2 Å². The molecule has 1 fully saturated rings. The lowest BCUT2D eigenvalue weighted by molar-refractivity contribution is -0.121. The Labute approximate surface area is 261 Å². The predicted octanol–water partition coefficient (Wildman–Crippen LogP) is 5.55. The lowest BCUT2D eigenvalue weighted by Crippen LogP contribution is -2.65. The number of fused-ring (bicyclic) bond motifs is 4. The minimum absolute atomic E-state index is 0.0625. The third-order valence-electron chi connectivity index (χ3n) is 7.57. The van der Waals surface area contributed by atoms with Crippen molar-refractivity contribution in [2.75, 3.05) is 49.7 Å². The summed E-state index contributed by atoms with van der Waals surface area (Å²) in [7, 11) is 1.61. The lowest BCUT2D eigenvalue weighted by atomic mass is 9.99. The van der Waals surface area contributed by atoms with Crippen LogP contribution in [0.25, 0.3) is 10.9 Å². The Morgan fingerprint density at radius 3 is 2.63 bits per heavy atom. The molecule has 2 amide bonds. The van der Waals surface area contributed by atoms with E-state index >= 15 is 4.39 Å². The molecule has 0 bridgehead atoms. The number of anilines is 2. The highest BCUT2D eigenvalue weighted by Gasteiger charge is 2.48. The second-order valence-corrected chi connectivity index (χ2v) is 12.9. The molecule has 3 aromatic rings. The van der Waals surface area contributed by atoms with Gasteiger partial charge in [-0.2, -0.15) is 0 Å². The number of carbonyl (C=O) groups is 2. The molecular formula is C30H31BrClFN4O6. The van der Waals surface area contributed by atoms with Crippen molar-refractivity contribution in [2.24, 2.45) is 0 Å². The molecule has 2 aromatic carbocycles. The average molecular weight is 678 g/mol. The molecule has 4 heterocycles. The molecule has 10 nitrogen and oxygen atoms in total. The van der Waals surface area contributed by atoms with E-state index < -0.39 is 29.7 Å². The van der Waals surface area contributed by atoms with E-state index in [-0.39, 0.29) is 46.5 Å². The lowest BCUT2D eigenvalue weighted by Gasteiger charge is -2.50. The molecular weight excluding hydrogens is 647 g/mol. The van der Waals surface area contributed by atoms with Gasteiger partial charge < -0.3 is 33.6 Å². The summed E-state index contributed by atoms with van der Waals surface area (Å²) in [6.07, 6.45) is -1.06. The van der Waals surface area contributed by atoms with Gasteiger partial charge in [0, 0.05) is 18.5 Å². The number of carbonyl (C=O) groups excluding carboxylic acids is 2. The van der Waals surface area contributed by atoms with Crippen LogP contribution in [0.2, 0.25) is 5.02 Å². The highest BCUT2D eigenvalue weighted by Crippen LogP contribution is 2.50. The van der Waals surface area contributed by atoms with Gasteiger partial charge in [-0.3, -0.25) is 4.79 Å². The first-order valence-electron chi connectivity index (χ1n) is 13.9. The zero-order valence-corrected chi connectivity index (χ0v) is 26.5. The van der Waals surface area contributed by atoms with Crippen LogP contribution in [0, 0.1) is 5.82 Å². The number of nitrogens with zero attached hydrogens (tertiary/aromatic N) is 4. The molecule has 0 unspecified atom stereocenters. The second-order valence-electron chi connectivity index (χ2n) is 11.7. The van der Waals surface area contributed by atoms with Crippen LogP contribution in [0.3, 0.4) is 0 Å². The molecule has 6 rings (SSSR count). The molecule has 0 spiro atoms. The Balaban J connectivity index is 1.34. The molecule has 0 N–H and O–H groups in total. The predicted molar refractivity (Wildman–Crippen MR) is 163 cm³/mol. The summed E-state index contributed by atoms with van der Waals surface area (Å²) in [6.45, 7) is 6.80. The number of halogens is 3. The van der Waals surface area contributed by atoms with Crippen molar-refractivity contribution in [1.29, 1.82) is 0 Å². The summed E-state index contributed by atoms with van der Waals surface area (Å²) in [5, 5.41) is 0.632. The quantitative estimate of drug-likeness (QED) is 0.325. The number of pyridine rings is 1. The molecule has 228 valence electrons. The maximum absolute atomic E-state index is 15.6. The fourth-order valence-corrected chi connectivity index (χ4v) is 6.11. The molecule has 1 aromatic heterocycles. The van der Waals surface area contributed by atoms with E-state index in [1.165, 1.54) is 0 Å². The average Bonchev–Trinajstić information content (AvgIpc) is 2.97. The van der Waals surface area contributed by atoms with Gasteiger partial charge in [0.25, 0.3) is 5.91 Å². The minimum Gasteiger partial charge on any atom is -0.497 e. The van der Waals surface area contributed by atoms with E-state index in [4.69, 9.17) is 30.5 Å². The molecule has 13 heteroatoms. The molecule has 2 atom stereocenters. The first-order valence-corrected chi connectivity index (χ1v) is 15.1. The van der Waals surface area contributed by atoms with Crippen molar-refractivity contribution < 1.29 is 32.9 Å². The van der Waals surface area contributed by atoms with E-state index in [9.17, 15) is 9.59 Å². The Morgan fingerprint density at radius 1 is 1.19 bits per heavy atom. The van der Waals surface area contributed by atoms with Crippen molar-refractivity contribution in [3.05, 3.63) is 51.2 Å². The van der Waals surface area contributed by atoms with Crippen LogP contribution in [0.5, 0.6) is 11.6 Å². The largest absolute Gasteiger partial charge is 0.497 e. The van der Waals surface area contributed by atoms with E-state index in [0.29, 0.717) is 36.5 Å². The number of amides is 2. The van der Waals surface area contributed by atoms with Crippen LogP contribution in [-0.2, 0) is 20.9 Å². The first kappa shape index (κ1) is 29.7. The second kappa shape index (κ2) is 11.3. The Bertz CT molecular complexity index is 1600. The minimum atomic E-state index is -0.725. The summed E-state index contributed by atoms with van der Waals surface area (Å²) in [6, 6.07) is 8.43. The van der Waals surface area contributed by atoms with E-state index in [1.54, 1.807) is 43.7 Å². The molecule has 0 radical (unpaired) electrons. The standard InChI is InChI=1S/C30H31BrClFN4O6/c1-30(2,3)43-29(39)35-9-10-36-21(13-35)28(38)37-12-18(15-41-14-16-5-7-17(40-4)8-6-16)42-27-26(37)25(36)19-11-20(32)22(31)23(33)24(19)34-27/h5-8,11,18,21H,9-10,12-15H2,1-4H3/t18-,21+/m0/s1. The smallest absolute Gasteiger partial charge is 0.410 e. The van der Waals surface area contributed by atoms with Crippen LogP contribution in [-0.4, -0.2) is 79.5 Å². The number of hydrogen-bond donors (Lipinski definition) is 0.